The van der Waals surface area contributed by atoms with Crippen molar-refractivity contribution in [3.63, 3.8) is 0 Å². The van der Waals surface area contributed by atoms with E-state index in [1.54, 1.807) is 49.1 Å². The summed E-state index contributed by atoms with van der Waals surface area (Å²) >= 11 is 0. The summed E-state index contributed by atoms with van der Waals surface area (Å²) in [5.74, 6) is -3.45. The average Bonchev–Trinajstić information content (AvgIpc) is 3.51. The molecule has 18 nitrogen and oxygen atoms in total. The highest BCUT2D eigenvalue weighted by Gasteiger charge is 2.48. The van der Waals surface area contributed by atoms with Gasteiger partial charge in [-0.3, -0.25) is 33.7 Å². The second kappa shape index (κ2) is 19.6. The SMILES string of the molecule is CC(=O)NC1C(OCc2ccccc2)OC(CO)C(O)C1OC(C)C(=O)N[C@H](C(=O)N[C@@H](CCC(=O)Nc1ccc2c(c1)CN1C(=O)c3ccccc3C1=N2)C(N)=O)C(C)C. The minimum absolute atomic E-state index is 0.0608. The first-order chi connectivity index (χ1) is 29.1. The molecular weight excluding hydrogens is 791 g/mol. The quantitative estimate of drug-likeness (QED) is 0.101. The van der Waals surface area contributed by atoms with E-state index in [4.69, 9.17) is 19.9 Å². The van der Waals surface area contributed by atoms with Crippen molar-refractivity contribution in [2.45, 2.75) is 103 Å². The second-order valence-corrected chi connectivity index (χ2v) is 15.5. The predicted molar refractivity (Wildman–Crippen MR) is 220 cm³/mol. The van der Waals surface area contributed by atoms with Gasteiger partial charge in [-0.1, -0.05) is 62.4 Å². The lowest BCUT2D eigenvalue weighted by Crippen LogP contribution is -2.66. The molecule has 61 heavy (non-hydrogen) atoms. The number of hydrogen-bond donors (Lipinski definition) is 7. The molecule has 18 heteroatoms. The molecule has 324 valence electrons. The number of rotatable bonds is 17. The van der Waals surface area contributed by atoms with Gasteiger partial charge < -0.3 is 51.4 Å². The number of ether oxygens (including phenoxy) is 3. The third kappa shape index (κ3) is 10.5. The van der Waals surface area contributed by atoms with Crippen molar-refractivity contribution in [1.82, 2.24) is 20.9 Å². The van der Waals surface area contributed by atoms with Crippen LogP contribution in [0.2, 0.25) is 0 Å². The maximum Gasteiger partial charge on any atom is 0.260 e. The standard InChI is InChI=1S/C43H51N7O11/c1-22(2)34(49-40(56)23(3)60-37-35(45-24(4)52)43(61-32(20-51)36(37)54)59-21-25-10-6-5-7-11-25)41(57)48-31(38(44)55)16-17-33(53)46-27-14-15-30-26(18-27)19-50-39(47-30)28-12-8-9-13-29(28)42(50)58/h5-15,18,22-23,31-32,34-37,43,51,54H,16-17,19-21H2,1-4H3,(H2,44,55)(H,45,52)(H,46,53)(H,48,57)(H,49,56)/t23?,31-,32?,34-,35?,36?,37?,43?/m0/s1. The molecule has 6 amide bonds. The van der Waals surface area contributed by atoms with Gasteiger partial charge in [0.2, 0.25) is 29.5 Å². The number of fused-ring (bicyclic) bond motifs is 4. The van der Waals surface area contributed by atoms with Crippen molar-refractivity contribution in [2.24, 2.45) is 16.6 Å². The molecule has 8 atom stereocenters. The second-order valence-electron chi connectivity index (χ2n) is 15.5. The molecular formula is C43H51N7O11. The summed E-state index contributed by atoms with van der Waals surface area (Å²) in [7, 11) is 0. The molecule has 3 heterocycles. The Kier molecular flexibility index (Phi) is 14.3. The number of carbonyl (C=O) groups excluding carboxylic acids is 6. The van der Waals surface area contributed by atoms with Crippen molar-refractivity contribution >= 4 is 52.7 Å². The van der Waals surface area contributed by atoms with Crippen LogP contribution in [0, 0.1) is 5.92 Å². The van der Waals surface area contributed by atoms with Crippen LogP contribution in [0.25, 0.3) is 0 Å². The Hall–Kier alpha value is -6.05. The fourth-order valence-corrected chi connectivity index (χ4v) is 7.36. The summed E-state index contributed by atoms with van der Waals surface area (Å²) in [4.78, 5) is 84.2. The number of amides is 6. The number of aliphatic hydroxyl groups is 2. The molecule has 3 aromatic carbocycles. The van der Waals surface area contributed by atoms with Crippen molar-refractivity contribution in [1.29, 1.82) is 0 Å². The first-order valence-electron chi connectivity index (χ1n) is 20.0. The van der Waals surface area contributed by atoms with E-state index in [9.17, 15) is 39.0 Å². The van der Waals surface area contributed by atoms with Crippen molar-refractivity contribution < 1.29 is 53.2 Å². The molecule has 3 aliphatic heterocycles. The van der Waals surface area contributed by atoms with Gasteiger partial charge in [0.1, 0.15) is 48.4 Å². The third-order valence-electron chi connectivity index (χ3n) is 10.6. The van der Waals surface area contributed by atoms with Gasteiger partial charge in [-0.2, -0.15) is 0 Å². The maximum absolute atomic E-state index is 13.6. The average molecular weight is 842 g/mol. The normalized spacial score (nSPS) is 21.8. The minimum Gasteiger partial charge on any atom is -0.394 e. The van der Waals surface area contributed by atoms with Crippen LogP contribution >= 0.6 is 0 Å². The number of primary amides is 1. The Morgan fingerprint density at radius 1 is 0.967 bits per heavy atom. The minimum atomic E-state index is -1.50. The Balaban J connectivity index is 1.04. The van der Waals surface area contributed by atoms with Gasteiger partial charge in [-0.25, -0.2) is 4.99 Å². The number of hydrogen-bond acceptors (Lipinski definition) is 12. The third-order valence-corrected chi connectivity index (χ3v) is 10.6. The number of carbonyl (C=O) groups is 6. The van der Waals surface area contributed by atoms with E-state index in [1.807, 2.05) is 42.5 Å². The van der Waals surface area contributed by atoms with Crippen LogP contribution in [0.15, 0.2) is 77.8 Å². The zero-order valence-corrected chi connectivity index (χ0v) is 34.2. The van der Waals surface area contributed by atoms with Crippen molar-refractivity contribution in [3.8, 4) is 0 Å². The molecule has 6 unspecified atom stereocenters. The summed E-state index contributed by atoms with van der Waals surface area (Å²) in [6, 6.07) is 17.9. The highest BCUT2D eigenvalue weighted by molar-refractivity contribution is 6.24. The number of nitrogens with two attached hydrogens (primary N) is 1. The Morgan fingerprint density at radius 2 is 1.67 bits per heavy atom. The predicted octanol–water partition coefficient (Wildman–Crippen LogP) is 1.14. The number of aliphatic imine (C=N–C) groups is 1. The molecule has 0 aliphatic carbocycles. The van der Waals surface area contributed by atoms with Crippen LogP contribution in [0.1, 0.15) is 67.6 Å². The number of amidine groups is 1. The number of benzene rings is 3. The smallest absolute Gasteiger partial charge is 0.260 e. The van der Waals surface area contributed by atoms with Crippen LogP contribution < -0.4 is 27.0 Å². The molecule has 3 aromatic rings. The molecule has 0 spiro atoms. The lowest BCUT2D eigenvalue weighted by Gasteiger charge is -2.44. The Morgan fingerprint density at radius 3 is 2.34 bits per heavy atom. The van der Waals surface area contributed by atoms with Crippen LogP contribution in [-0.4, -0.2) is 112 Å². The van der Waals surface area contributed by atoms with Gasteiger partial charge in [0.25, 0.3) is 5.91 Å². The molecule has 8 N–H and O–H groups in total. The first kappa shape index (κ1) is 44.5. The van der Waals surface area contributed by atoms with Gasteiger partial charge in [-0.15, -0.1) is 0 Å². The van der Waals surface area contributed by atoms with Crippen LogP contribution in [-0.2, 0) is 51.3 Å². The van der Waals surface area contributed by atoms with Crippen LogP contribution in [0.4, 0.5) is 11.4 Å². The largest absolute Gasteiger partial charge is 0.394 e. The van der Waals surface area contributed by atoms with Crippen molar-refractivity contribution in [3.05, 3.63) is 95.1 Å². The monoisotopic (exact) mass is 841 g/mol. The molecule has 3 aliphatic rings. The molecule has 0 saturated carbocycles. The summed E-state index contributed by atoms with van der Waals surface area (Å²) in [6.45, 7) is 5.67. The van der Waals surface area contributed by atoms with E-state index < -0.39 is 90.9 Å². The zero-order chi connectivity index (χ0) is 44.0. The topological polar surface area (TPSA) is 260 Å². The molecule has 1 saturated heterocycles. The molecule has 0 radical (unpaired) electrons. The summed E-state index contributed by atoms with van der Waals surface area (Å²) in [6.07, 6.45) is -6.87. The number of nitrogens with zero attached hydrogens (tertiary/aromatic N) is 2. The van der Waals surface area contributed by atoms with E-state index >= 15 is 0 Å². The van der Waals surface area contributed by atoms with E-state index in [1.165, 1.54) is 13.8 Å². The van der Waals surface area contributed by atoms with Gasteiger partial charge in [0, 0.05) is 24.6 Å². The van der Waals surface area contributed by atoms with Gasteiger partial charge in [0.15, 0.2) is 6.29 Å². The molecule has 0 bridgehead atoms. The fraction of sp³-hybridized carbons (Fsp3) is 0.419. The number of anilines is 1. The van der Waals surface area contributed by atoms with E-state index in [0.717, 1.165) is 16.7 Å². The number of nitrogens with one attached hydrogen (secondary N) is 4. The van der Waals surface area contributed by atoms with E-state index in [0.29, 0.717) is 22.8 Å². The number of aliphatic hydroxyl groups excluding tert-OH is 2. The van der Waals surface area contributed by atoms with Crippen LogP contribution in [0.3, 0.4) is 0 Å². The first-order valence-corrected chi connectivity index (χ1v) is 20.0. The fourth-order valence-electron chi connectivity index (χ4n) is 7.36. The van der Waals surface area contributed by atoms with Crippen LogP contribution in [0.5, 0.6) is 0 Å². The van der Waals surface area contributed by atoms with E-state index in [-0.39, 0.29) is 31.9 Å². The zero-order valence-electron chi connectivity index (χ0n) is 34.2. The summed E-state index contributed by atoms with van der Waals surface area (Å²) in [5, 5.41) is 31.8. The van der Waals surface area contributed by atoms with Gasteiger partial charge >= 0.3 is 0 Å². The Bertz CT molecular complexity index is 2170. The van der Waals surface area contributed by atoms with E-state index in [2.05, 4.69) is 26.3 Å². The van der Waals surface area contributed by atoms with Gasteiger partial charge in [-0.05, 0) is 54.7 Å². The molecule has 1 fully saturated rings. The summed E-state index contributed by atoms with van der Waals surface area (Å²) < 4.78 is 17.8. The lowest BCUT2D eigenvalue weighted by molar-refractivity contribution is -0.283. The molecule has 6 rings (SSSR count). The lowest BCUT2D eigenvalue weighted by atomic mass is 9.96. The highest BCUT2D eigenvalue weighted by Crippen LogP contribution is 2.35. The maximum atomic E-state index is 13.6. The molecule has 0 aromatic heterocycles. The van der Waals surface area contributed by atoms with Crippen molar-refractivity contribution in [2.75, 3.05) is 11.9 Å². The highest BCUT2D eigenvalue weighted by atomic mass is 16.7. The Labute approximate surface area is 352 Å². The summed E-state index contributed by atoms with van der Waals surface area (Å²) in [5.41, 5.74) is 9.61. The van der Waals surface area contributed by atoms with Gasteiger partial charge in [0.05, 0.1) is 31.0 Å².